The molecule has 3 rings (SSSR count). The minimum Gasteiger partial charge on any atom is -0.339 e. The van der Waals surface area contributed by atoms with E-state index in [1.807, 2.05) is 18.2 Å². The summed E-state index contributed by atoms with van der Waals surface area (Å²) in [7, 11) is 0. The summed E-state index contributed by atoms with van der Waals surface area (Å²) in [6.07, 6.45) is 0.744. The van der Waals surface area contributed by atoms with Crippen molar-refractivity contribution in [3.8, 4) is 17.5 Å². The highest BCUT2D eigenvalue weighted by Crippen LogP contribution is 2.28. The average molecular weight is 267 g/mol. The van der Waals surface area contributed by atoms with Gasteiger partial charge in [0.15, 0.2) is 0 Å². The number of halogens is 1. The van der Waals surface area contributed by atoms with E-state index in [1.54, 1.807) is 18.2 Å². The fraction of sp³-hybridized carbons (Fsp3) is 0.133. The molecule has 1 heterocycles. The van der Waals surface area contributed by atoms with E-state index in [1.165, 1.54) is 6.07 Å². The zero-order chi connectivity index (χ0) is 13.9. The number of hydrogen-bond acceptors (Lipinski definition) is 4. The first kappa shape index (κ1) is 12.3. The third-order valence-electron chi connectivity index (χ3n) is 3.03. The van der Waals surface area contributed by atoms with Gasteiger partial charge in [-0.1, -0.05) is 29.4 Å². The van der Waals surface area contributed by atoms with Crippen LogP contribution in [0.5, 0.6) is 0 Å². The standard InChI is InChI=1S/C15H10FN3O/c16-13-8-7-12(10-4-1-2-5-11(10)13)15-18-14(20-19-15)6-3-9-17/h1-2,4-5,7-8H,3,6H2. The Morgan fingerprint density at radius 3 is 2.75 bits per heavy atom. The van der Waals surface area contributed by atoms with Gasteiger partial charge in [0.25, 0.3) is 0 Å². The van der Waals surface area contributed by atoms with E-state index in [0.717, 1.165) is 5.39 Å². The molecule has 0 bridgehead atoms. The van der Waals surface area contributed by atoms with Gasteiger partial charge in [-0.15, -0.1) is 0 Å². The highest BCUT2D eigenvalue weighted by atomic mass is 19.1. The van der Waals surface area contributed by atoms with Gasteiger partial charge in [-0.25, -0.2) is 4.39 Å². The smallest absolute Gasteiger partial charge is 0.227 e. The van der Waals surface area contributed by atoms with Crippen LogP contribution in [-0.4, -0.2) is 10.1 Å². The average Bonchev–Trinajstić information content (AvgIpc) is 2.94. The van der Waals surface area contributed by atoms with Crippen molar-refractivity contribution >= 4 is 10.8 Å². The molecule has 0 saturated carbocycles. The Hall–Kier alpha value is -2.74. The Labute approximate surface area is 114 Å². The molecule has 0 N–H and O–H groups in total. The van der Waals surface area contributed by atoms with E-state index in [0.29, 0.717) is 35.5 Å². The molecule has 98 valence electrons. The lowest BCUT2D eigenvalue weighted by Crippen LogP contribution is -1.88. The molecule has 0 spiro atoms. The van der Waals surface area contributed by atoms with Crippen LogP contribution >= 0.6 is 0 Å². The third-order valence-corrected chi connectivity index (χ3v) is 3.03. The summed E-state index contributed by atoms with van der Waals surface area (Å²) >= 11 is 0. The second kappa shape index (κ2) is 5.10. The zero-order valence-corrected chi connectivity index (χ0v) is 10.5. The first-order valence-corrected chi connectivity index (χ1v) is 6.17. The summed E-state index contributed by atoms with van der Waals surface area (Å²) in [5.41, 5.74) is 0.717. The minimum atomic E-state index is -0.280. The molecule has 3 aromatic rings. The van der Waals surface area contributed by atoms with Crippen molar-refractivity contribution in [1.82, 2.24) is 10.1 Å². The molecule has 0 fully saturated rings. The Bertz CT molecular complexity index is 804. The number of benzene rings is 2. The fourth-order valence-corrected chi connectivity index (χ4v) is 2.09. The summed E-state index contributed by atoms with van der Waals surface area (Å²) in [4.78, 5) is 4.25. The van der Waals surface area contributed by atoms with Gasteiger partial charge < -0.3 is 4.52 Å². The maximum Gasteiger partial charge on any atom is 0.227 e. The molecule has 20 heavy (non-hydrogen) atoms. The third kappa shape index (κ3) is 2.12. The number of aromatic nitrogens is 2. The first-order chi connectivity index (χ1) is 9.79. The van der Waals surface area contributed by atoms with Crippen LogP contribution in [-0.2, 0) is 6.42 Å². The predicted molar refractivity (Wildman–Crippen MR) is 71.1 cm³/mol. The van der Waals surface area contributed by atoms with Crippen molar-refractivity contribution in [2.75, 3.05) is 0 Å². The Morgan fingerprint density at radius 1 is 1.15 bits per heavy atom. The van der Waals surface area contributed by atoms with Gasteiger partial charge >= 0.3 is 0 Å². The van der Waals surface area contributed by atoms with Crippen LogP contribution in [0.4, 0.5) is 4.39 Å². The van der Waals surface area contributed by atoms with Crippen LogP contribution in [0.1, 0.15) is 12.3 Å². The topological polar surface area (TPSA) is 62.7 Å². The van der Waals surface area contributed by atoms with Gasteiger partial charge in [-0.3, -0.25) is 0 Å². The van der Waals surface area contributed by atoms with Gasteiger partial charge in [0, 0.05) is 23.8 Å². The molecule has 0 amide bonds. The minimum absolute atomic E-state index is 0.280. The number of nitriles is 1. The Morgan fingerprint density at radius 2 is 1.95 bits per heavy atom. The van der Waals surface area contributed by atoms with Crippen LogP contribution in [0.2, 0.25) is 0 Å². The predicted octanol–water partition coefficient (Wildman–Crippen LogP) is 3.49. The molecule has 0 radical (unpaired) electrons. The molecular weight excluding hydrogens is 257 g/mol. The van der Waals surface area contributed by atoms with Crippen molar-refractivity contribution in [2.45, 2.75) is 12.8 Å². The maximum absolute atomic E-state index is 13.8. The molecule has 1 aromatic heterocycles. The van der Waals surface area contributed by atoms with Gasteiger partial charge in [-0.2, -0.15) is 10.2 Å². The summed E-state index contributed by atoms with van der Waals surface area (Å²) in [5, 5.41) is 13.7. The molecule has 0 saturated heterocycles. The van der Waals surface area contributed by atoms with E-state index < -0.39 is 0 Å². The van der Waals surface area contributed by atoms with E-state index in [2.05, 4.69) is 10.1 Å². The number of nitrogens with zero attached hydrogens (tertiary/aromatic N) is 3. The highest BCUT2D eigenvalue weighted by molar-refractivity contribution is 5.95. The molecule has 0 atom stereocenters. The van der Waals surface area contributed by atoms with E-state index >= 15 is 0 Å². The quantitative estimate of drug-likeness (QED) is 0.728. The molecule has 2 aromatic carbocycles. The van der Waals surface area contributed by atoms with Gasteiger partial charge in [0.2, 0.25) is 11.7 Å². The molecule has 0 aliphatic rings. The second-order valence-electron chi connectivity index (χ2n) is 4.31. The van der Waals surface area contributed by atoms with Crippen molar-refractivity contribution in [1.29, 1.82) is 5.26 Å². The van der Waals surface area contributed by atoms with Crippen LogP contribution < -0.4 is 0 Å². The fourth-order valence-electron chi connectivity index (χ4n) is 2.09. The van der Waals surface area contributed by atoms with Crippen molar-refractivity contribution in [3.05, 3.63) is 48.1 Å². The molecule has 0 aliphatic heterocycles. The number of aryl methyl sites for hydroxylation is 1. The second-order valence-corrected chi connectivity index (χ2v) is 4.31. The summed E-state index contributed by atoms with van der Waals surface area (Å²) < 4.78 is 18.8. The van der Waals surface area contributed by atoms with Gasteiger partial charge in [0.05, 0.1) is 6.07 Å². The SMILES string of the molecule is N#CCCc1nc(-c2ccc(F)c3ccccc23)no1. The molecule has 4 nitrogen and oxygen atoms in total. The summed E-state index contributed by atoms with van der Waals surface area (Å²) in [6, 6.07) is 12.2. The largest absolute Gasteiger partial charge is 0.339 e. The van der Waals surface area contributed by atoms with Gasteiger partial charge in [-0.05, 0) is 17.5 Å². The monoisotopic (exact) mass is 267 g/mol. The summed E-state index contributed by atoms with van der Waals surface area (Å²) in [6.45, 7) is 0. The highest BCUT2D eigenvalue weighted by Gasteiger charge is 2.13. The van der Waals surface area contributed by atoms with E-state index in [9.17, 15) is 4.39 Å². The lowest BCUT2D eigenvalue weighted by Gasteiger charge is -2.03. The number of fused-ring (bicyclic) bond motifs is 1. The van der Waals surface area contributed by atoms with Crippen LogP contribution in [0.3, 0.4) is 0 Å². The lowest BCUT2D eigenvalue weighted by molar-refractivity contribution is 0.380. The van der Waals surface area contributed by atoms with Gasteiger partial charge in [0.1, 0.15) is 5.82 Å². The van der Waals surface area contributed by atoms with Crippen molar-refractivity contribution < 1.29 is 8.91 Å². The molecule has 5 heteroatoms. The Balaban J connectivity index is 2.08. The van der Waals surface area contributed by atoms with Crippen LogP contribution in [0, 0.1) is 17.1 Å². The van der Waals surface area contributed by atoms with E-state index in [4.69, 9.17) is 9.78 Å². The number of hydrogen-bond donors (Lipinski definition) is 0. The normalized spacial score (nSPS) is 10.6. The van der Waals surface area contributed by atoms with Crippen LogP contribution in [0.25, 0.3) is 22.2 Å². The zero-order valence-electron chi connectivity index (χ0n) is 10.5. The summed E-state index contributed by atoms with van der Waals surface area (Å²) in [5.74, 6) is 0.543. The maximum atomic E-state index is 13.8. The number of rotatable bonds is 3. The molecular formula is C15H10FN3O. The first-order valence-electron chi connectivity index (χ1n) is 6.17. The van der Waals surface area contributed by atoms with E-state index in [-0.39, 0.29) is 5.82 Å². The Kier molecular flexibility index (Phi) is 3.13. The molecule has 0 aliphatic carbocycles. The van der Waals surface area contributed by atoms with Crippen molar-refractivity contribution in [3.63, 3.8) is 0 Å². The van der Waals surface area contributed by atoms with Crippen molar-refractivity contribution in [2.24, 2.45) is 0 Å². The van der Waals surface area contributed by atoms with Crippen LogP contribution in [0.15, 0.2) is 40.9 Å². The molecule has 0 unspecified atom stereocenters. The lowest BCUT2D eigenvalue weighted by atomic mass is 10.0.